The zero-order valence-electron chi connectivity index (χ0n) is 7.44. The lowest BCUT2D eigenvalue weighted by Gasteiger charge is -2.36. The summed E-state index contributed by atoms with van der Waals surface area (Å²) >= 11 is 3.53. The van der Waals surface area contributed by atoms with E-state index in [-0.39, 0.29) is 5.41 Å². The van der Waals surface area contributed by atoms with Crippen molar-refractivity contribution in [2.24, 2.45) is 11.3 Å². The van der Waals surface area contributed by atoms with Gasteiger partial charge in [0.2, 0.25) is 0 Å². The number of hydrogen-bond acceptors (Lipinski definition) is 1. The fourth-order valence-corrected chi connectivity index (χ4v) is 3.61. The maximum atomic E-state index is 10.2. The minimum Gasteiger partial charge on any atom is -0.385 e. The second-order valence-corrected chi connectivity index (χ2v) is 5.06. The summed E-state index contributed by atoms with van der Waals surface area (Å²) in [5.41, 5.74) is 0.684. The number of rotatable bonds is 1. The standard InChI is InChI=1S/C10H15BrO/c1-7-9(2,6-11)8-3-4-10(7,12)5-8/h8,12H,1,3-6H2,2H3/t8-,9+,10-/m1/s1. The maximum absolute atomic E-state index is 10.2. The Hall–Kier alpha value is 0.180. The van der Waals surface area contributed by atoms with Gasteiger partial charge in [-0.05, 0) is 30.8 Å². The molecular formula is C10H15BrO. The van der Waals surface area contributed by atoms with Crippen LogP contribution in [0, 0.1) is 11.3 Å². The Morgan fingerprint density at radius 2 is 2.42 bits per heavy atom. The molecule has 0 amide bonds. The molecular weight excluding hydrogens is 216 g/mol. The number of aliphatic hydroxyl groups is 1. The molecule has 2 saturated carbocycles. The van der Waals surface area contributed by atoms with Crippen LogP contribution in [-0.2, 0) is 0 Å². The molecule has 0 saturated heterocycles. The van der Waals surface area contributed by atoms with Gasteiger partial charge >= 0.3 is 0 Å². The third-order valence-corrected chi connectivity index (χ3v) is 5.09. The van der Waals surface area contributed by atoms with Gasteiger partial charge in [-0.1, -0.05) is 29.4 Å². The number of halogens is 1. The summed E-state index contributed by atoms with van der Waals surface area (Å²) < 4.78 is 0. The van der Waals surface area contributed by atoms with Crippen LogP contribution in [0.4, 0.5) is 0 Å². The predicted octanol–water partition coefficient (Wildman–Crippen LogP) is 2.49. The van der Waals surface area contributed by atoms with Crippen molar-refractivity contribution in [1.82, 2.24) is 0 Å². The van der Waals surface area contributed by atoms with Crippen molar-refractivity contribution < 1.29 is 5.11 Å². The highest BCUT2D eigenvalue weighted by Crippen LogP contribution is 2.61. The molecule has 2 bridgehead atoms. The van der Waals surface area contributed by atoms with Crippen molar-refractivity contribution in [3.8, 4) is 0 Å². The number of alkyl halides is 1. The molecule has 2 aliphatic rings. The lowest BCUT2D eigenvalue weighted by molar-refractivity contribution is 0.0856. The number of hydrogen-bond donors (Lipinski definition) is 1. The zero-order chi connectivity index (χ0) is 8.98. The van der Waals surface area contributed by atoms with Gasteiger partial charge in [-0.25, -0.2) is 0 Å². The third-order valence-electron chi connectivity index (χ3n) is 3.92. The SMILES string of the molecule is C=C1[C@@]2(O)CC[C@H](C2)[C@@]1(C)CBr. The molecule has 2 heteroatoms. The molecule has 3 atom stereocenters. The van der Waals surface area contributed by atoms with E-state index in [4.69, 9.17) is 0 Å². The zero-order valence-corrected chi connectivity index (χ0v) is 9.02. The van der Waals surface area contributed by atoms with Gasteiger partial charge in [0.1, 0.15) is 0 Å². The van der Waals surface area contributed by atoms with Crippen molar-refractivity contribution in [3.05, 3.63) is 12.2 Å². The minimum absolute atomic E-state index is 0.146. The minimum atomic E-state index is -0.521. The van der Waals surface area contributed by atoms with Crippen LogP contribution in [-0.4, -0.2) is 16.0 Å². The van der Waals surface area contributed by atoms with E-state index in [2.05, 4.69) is 29.4 Å². The highest BCUT2D eigenvalue weighted by molar-refractivity contribution is 9.09. The van der Waals surface area contributed by atoms with Crippen molar-refractivity contribution in [3.63, 3.8) is 0 Å². The van der Waals surface area contributed by atoms with Crippen molar-refractivity contribution in [2.75, 3.05) is 5.33 Å². The summed E-state index contributed by atoms with van der Waals surface area (Å²) in [5, 5.41) is 11.1. The van der Waals surface area contributed by atoms with Crippen LogP contribution in [0.2, 0.25) is 0 Å². The van der Waals surface area contributed by atoms with Crippen LogP contribution in [0.1, 0.15) is 26.2 Å². The fraction of sp³-hybridized carbons (Fsp3) is 0.800. The smallest absolute Gasteiger partial charge is 0.0862 e. The molecule has 0 aromatic rings. The summed E-state index contributed by atoms with van der Waals surface area (Å²) in [6.45, 7) is 6.27. The van der Waals surface area contributed by atoms with Gasteiger partial charge in [-0.15, -0.1) is 0 Å². The van der Waals surface area contributed by atoms with Gasteiger partial charge in [0.05, 0.1) is 5.60 Å². The quantitative estimate of drug-likeness (QED) is 0.543. The Kier molecular flexibility index (Phi) is 1.72. The van der Waals surface area contributed by atoms with Crippen LogP contribution >= 0.6 is 15.9 Å². The first-order valence-corrected chi connectivity index (χ1v) is 5.63. The first-order valence-electron chi connectivity index (χ1n) is 4.51. The molecule has 2 fully saturated rings. The van der Waals surface area contributed by atoms with Crippen LogP contribution in [0.3, 0.4) is 0 Å². The first-order chi connectivity index (χ1) is 5.53. The Morgan fingerprint density at radius 1 is 1.75 bits per heavy atom. The summed E-state index contributed by atoms with van der Waals surface area (Å²) in [6.07, 6.45) is 3.03. The monoisotopic (exact) mass is 230 g/mol. The normalized spacial score (nSPS) is 51.9. The van der Waals surface area contributed by atoms with Gasteiger partial charge in [-0.2, -0.15) is 0 Å². The topological polar surface area (TPSA) is 20.2 Å². The van der Waals surface area contributed by atoms with Crippen LogP contribution < -0.4 is 0 Å². The van der Waals surface area contributed by atoms with E-state index in [9.17, 15) is 5.11 Å². The van der Waals surface area contributed by atoms with Gasteiger partial charge in [0.25, 0.3) is 0 Å². The molecule has 2 rings (SSSR count). The van der Waals surface area contributed by atoms with E-state index < -0.39 is 5.60 Å². The van der Waals surface area contributed by atoms with Crippen LogP contribution in [0.15, 0.2) is 12.2 Å². The van der Waals surface area contributed by atoms with E-state index in [0.717, 1.165) is 30.2 Å². The Labute approximate surface area is 82.0 Å². The Morgan fingerprint density at radius 3 is 2.75 bits per heavy atom. The first kappa shape index (κ1) is 8.76. The molecule has 1 nitrogen and oxygen atoms in total. The Bertz CT molecular complexity index is 238. The molecule has 0 heterocycles. The molecule has 0 spiro atoms. The van der Waals surface area contributed by atoms with Gasteiger partial charge in [0.15, 0.2) is 0 Å². The third kappa shape index (κ3) is 0.828. The second-order valence-electron chi connectivity index (χ2n) is 4.50. The van der Waals surface area contributed by atoms with E-state index in [1.165, 1.54) is 0 Å². The van der Waals surface area contributed by atoms with Gasteiger partial charge in [-0.3, -0.25) is 0 Å². The van der Waals surface area contributed by atoms with E-state index in [1.807, 2.05) is 0 Å². The van der Waals surface area contributed by atoms with E-state index in [0.29, 0.717) is 5.92 Å². The Balaban J connectivity index is 2.38. The van der Waals surface area contributed by atoms with Crippen molar-refractivity contribution >= 4 is 15.9 Å². The van der Waals surface area contributed by atoms with Crippen LogP contribution in [0.25, 0.3) is 0 Å². The maximum Gasteiger partial charge on any atom is 0.0862 e. The summed E-state index contributed by atoms with van der Waals surface area (Å²) in [6, 6.07) is 0. The van der Waals surface area contributed by atoms with E-state index >= 15 is 0 Å². The average molecular weight is 231 g/mol. The lowest BCUT2D eigenvalue weighted by Crippen LogP contribution is -2.34. The largest absolute Gasteiger partial charge is 0.385 e. The molecule has 0 radical (unpaired) electrons. The summed E-state index contributed by atoms with van der Waals surface area (Å²) in [7, 11) is 0. The summed E-state index contributed by atoms with van der Waals surface area (Å²) in [5.74, 6) is 0.648. The van der Waals surface area contributed by atoms with Crippen molar-refractivity contribution in [1.29, 1.82) is 0 Å². The molecule has 68 valence electrons. The number of fused-ring (bicyclic) bond motifs is 2. The molecule has 0 unspecified atom stereocenters. The second kappa shape index (κ2) is 2.36. The summed E-state index contributed by atoms with van der Waals surface area (Å²) in [4.78, 5) is 0. The van der Waals surface area contributed by atoms with Crippen molar-refractivity contribution in [2.45, 2.75) is 31.8 Å². The van der Waals surface area contributed by atoms with Gasteiger partial charge in [0, 0.05) is 10.7 Å². The molecule has 0 aromatic heterocycles. The highest BCUT2D eigenvalue weighted by atomic mass is 79.9. The van der Waals surface area contributed by atoms with Crippen LogP contribution in [0.5, 0.6) is 0 Å². The molecule has 1 N–H and O–H groups in total. The average Bonchev–Trinajstić information content (AvgIpc) is 2.52. The highest BCUT2D eigenvalue weighted by Gasteiger charge is 2.58. The molecule has 12 heavy (non-hydrogen) atoms. The van der Waals surface area contributed by atoms with Gasteiger partial charge < -0.3 is 5.11 Å². The molecule has 0 aromatic carbocycles. The predicted molar refractivity (Wildman–Crippen MR) is 53.3 cm³/mol. The fourth-order valence-electron chi connectivity index (χ4n) is 2.81. The van der Waals surface area contributed by atoms with E-state index in [1.54, 1.807) is 0 Å². The lowest BCUT2D eigenvalue weighted by atomic mass is 9.72. The molecule has 0 aliphatic heterocycles. The molecule has 2 aliphatic carbocycles.